The Hall–Kier alpha value is -3.09. The van der Waals surface area contributed by atoms with Crippen LogP contribution in [0.4, 0.5) is 4.39 Å². The molecule has 0 heterocycles. The lowest BCUT2D eigenvalue weighted by molar-refractivity contribution is -0.142. The molecule has 2 rings (SSSR count). The molecule has 2 amide bonds. The lowest BCUT2D eigenvalue weighted by Crippen LogP contribution is -2.53. The molecule has 0 aliphatic rings. The average Bonchev–Trinajstić information content (AvgIpc) is 2.70. The van der Waals surface area contributed by atoms with E-state index in [2.05, 4.69) is 5.32 Å². The zero-order valence-electron chi connectivity index (χ0n) is 18.1. The summed E-state index contributed by atoms with van der Waals surface area (Å²) in [4.78, 5) is 27.1. The van der Waals surface area contributed by atoms with Crippen molar-refractivity contribution in [2.45, 2.75) is 45.8 Å². The predicted octanol–water partition coefficient (Wildman–Crippen LogP) is 3.55. The van der Waals surface area contributed by atoms with Gasteiger partial charge < -0.3 is 19.7 Å². The van der Waals surface area contributed by atoms with Crippen molar-refractivity contribution in [2.24, 2.45) is 0 Å². The number of nitrogens with zero attached hydrogens (tertiary/aromatic N) is 1. The first-order valence-electron chi connectivity index (χ1n) is 9.72. The molecule has 1 atom stereocenters. The van der Waals surface area contributed by atoms with Crippen LogP contribution in [-0.2, 0) is 16.1 Å². The highest BCUT2D eigenvalue weighted by molar-refractivity contribution is 5.88. The van der Waals surface area contributed by atoms with Crippen LogP contribution in [0.15, 0.2) is 48.5 Å². The number of hydrogen-bond acceptors (Lipinski definition) is 4. The highest BCUT2D eigenvalue weighted by atomic mass is 19.1. The minimum Gasteiger partial charge on any atom is -0.493 e. The fourth-order valence-corrected chi connectivity index (χ4v) is 2.80. The Morgan fingerprint density at radius 2 is 1.67 bits per heavy atom. The van der Waals surface area contributed by atoms with E-state index in [1.807, 2.05) is 20.8 Å². The standard InChI is InChI=1S/C23H29FN2O4/c1-16(22(28)25-23(2,3)4)26(14-17-10-12-18(24)13-11-17)21(27)15-30-20-9-7-6-8-19(20)29-5/h6-13,16H,14-15H2,1-5H3,(H,25,28)/t16-/m1/s1. The van der Waals surface area contributed by atoms with Gasteiger partial charge in [-0.2, -0.15) is 0 Å². The van der Waals surface area contributed by atoms with Crippen molar-refractivity contribution < 1.29 is 23.5 Å². The smallest absolute Gasteiger partial charge is 0.261 e. The molecule has 0 unspecified atom stereocenters. The van der Waals surface area contributed by atoms with E-state index < -0.39 is 11.6 Å². The number of nitrogens with one attached hydrogen (secondary N) is 1. The van der Waals surface area contributed by atoms with Crippen LogP contribution in [0, 0.1) is 5.82 Å². The minimum absolute atomic E-state index is 0.146. The van der Waals surface area contributed by atoms with Crippen LogP contribution in [-0.4, -0.2) is 42.0 Å². The number of para-hydroxylation sites is 2. The maximum absolute atomic E-state index is 13.3. The molecule has 2 aromatic carbocycles. The molecule has 30 heavy (non-hydrogen) atoms. The van der Waals surface area contributed by atoms with E-state index in [1.54, 1.807) is 43.3 Å². The SMILES string of the molecule is COc1ccccc1OCC(=O)N(Cc1ccc(F)cc1)[C@H](C)C(=O)NC(C)(C)C. The fourth-order valence-electron chi connectivity index (χ4n) is 2.80. The van der Waals surface area contributed by atoms with E-state index in [9.17, 15) is 14.0 Å². The minimum atomic E-state index is -0.747. The molecule has 7 heteroatoms. The molecule has 162 valence electrons. The van der Waals surface area contributed by atoms with Crippen LogP contribution >= 0.6 is 0 Å². The van der Waals surface area contributed by atoms with Gasteiger partial charge in [0.1, 0.15) is 11.9 Å². The number of methoxy groups -OCH3 is 1. The second-order valence-corrected chi connectivity index (χ2v) is 8.00. The lowest BCUT2D eigenvalue weighted by Gasteiger charge is -2.31. The summed E-state index contributed by atoms with van der Waals surface area (Å²) in [5, 5.41) is 2.89. The number of hydrogen-bond donors (Lipinski definition) is 1. The van der Waals surface area contributed by atoms with Crippen molar-refractivity contribution in [1.82, 2.24) is 10.2 Å². The Balaban J connectivity index is 2.19. The topological polar surface area (TPSA) is 67.9 Å². The van der Waals surface area contributed by atoms with E-state index in [4.69, 9.17) is 9.47 Å². The average molecular weight is 416 g/mol. The molecular weight excluding hydrogens is 387 g/mol. The van der Waals surface area contributed by atoms with Gasteiger partial charge in [0.15, 0.2) is 18.1 Å². The summed E-state index contributed by atoms with van der Waals surface area (Å²) in [6.45, 7) is 7.14. The molecule has 0 aliphatic carbocycles. The third-order valence-corrected chi connectivity index (χ3v) is 4.35. The highest BCUT2D eigenvalue weighted by Crippen LogP contribution is 2.26. The van der Waals surface area contributed by atoms with Gasteiger partial charge in [-0.05, 0) is 57.5 Å². The second-order valence-electron chi connectivity index (χ2n) is 8.00. The molecule has 0 fully saturated rings. The van der Waals surface area contributed by atoms with Crippen molar-refractivity contribution in [3.05, 3.63) is 59.9 Å². The zero-order valence-corrected chi connectivity index (χ0v) is 18.1. The molecule has 0 saturated heterocycles. The molecule has 1 N–H and O–H groups in total. The van der Waals surface area contributed by atoms with E-state index in [1.165, 1.54) is 24.1 Å². The number of ether oxygens (including phenoxy) is 2. The van der Waals surface area contributed by atoms with Crippen molar-refractivity contribution in [3.8, 4) is 11.5 Å². The summed E-state index contributed by atoms with van der Waals surface area (Å²) >= 11 is 0. The van der Waals surface area contributed by atoms with E-state index in [-0.39, 0.29) is 30.8 Å². The number of amides is 2. The van der Waals surface area contributed by atoms with Crippen molar-refractivity contribution in [2.75, 3.05) is 13.7 Å². The Morgan fingerprint density at radius 3 is 2.23 bits per heavy atom. The number of benzene rings is 2. The number of carbonyl (C=O) groups excluding carboxylic acids is 2. The van der Waals surface area contributed by atoms with Gasteiger partial charge in [0.2, 0.25) is 5.91 Å². The zero-order chi connectivity index (χ0) is 22.3. The monoisotopic (exact) mass is 416 g/mol. The second kappa shape index (κ2) is 10.1. The van der Waals surface area contributed by atoms with E-state index in [0.29, 0.717) is 17.1 Å². The van der Waals surface area contributed by atoms with Crippen LogP contribution in [0.3, 0.4) is 0 Å². The first-order chi connectivity index (χ1) is 14.1. The quantitative estimate of drug-likeness (QED) is 0.715. The Bertz CT molecular complexity index is 862. The normalized spacial score (nSPS) is 12.1. The van der Waals surface area contributed by atoms with Crippen molar-refractivity contribution >= 4 is 11.8 Å². The van der Waals surface area contributed by atoms with Crippen molar-refractivity contribution in [1.29, 1.82) is 0 Å². The van der Waals surface area contributed by atoms with Crippen LogP contribution in [0.2, 0.25) is 0 Å². The molecule has 0 saturated carbocycles. The number of halogens is 1. The third-order valence-electron chi connectivity index (χ3n) is 4.35. The predicted molar refractivity (Wildman–Crippen MR) is 113 cm³/mol. The maximum atomic E-state index is 13.3. The van der Waals surface area contributed by atoms with Crippen LogP contribution in [0.1, 0.15) is 33.3 Å². The molecule has 0 aromatic heterocycles. The van der Waals surface area contributed by atoms with Crippen LogP contribution in [0.5, 0.6) is 11.5 Å². The van der Waals surface area contributed by atoms with Gasteiger partial charge >= 0.3 is 0 Å². The summed E-state index contributed by atoms with van der Waals surface area (Å²) < 4.78 is 24.1. The largest absolute Gasteiger partial charge is 0.493 e. The number of rotatable bonds is 8. The van der Waals surface area contributed by atoms with E-state index >= 15 is 0 Å². The molecule has 2 aromatic rings. The third kappa shape index (κ3) is 6.76. The summed E-state index contributed by atoms with van der Waals surface area (Å²) in [7, 11) is 1.52. The van der Waals surface area contributed by atoms with Crippen LogP contribution < -0.4 is 14.8 Å². The van der Waals surface area contributed by atoms with Gasteiger partial charge in [-0.1, -0.05) is 24.3 Å². The molecule has 0 spiro atoms. The van der Waals surface area contributed by atoms with Gasteiger partial charge in [0.25, 0.3) is 5.91 Å². The Kier molecular flexibility index (Phi) is 7.80. The Morgan fingerprint density at radius 1 is 1.07 bits per heavy atom. The number of carbonyl (C=O) groups is 2. The lowest BCUT2D eigenvalue weighted by atomic mass is 10.1. The fraction of sp³-hybridized carbons (Fsp3) is 0.391. The van der Waals surface area contributed by atoms with Gasteiger partial charge in [0, 0.05) is 12.1 Å². The Labute approximate surface area is 177 Å². The molecule has 0 aliphatic heterocycles. The maximum Gasteiger partial charge on any atom is 0.261 e. The van der Waals surface area contributed by atoms with Crippen LogP contribution in [0.25, 0.3) is 0 Å². The first-order valence-corrected chi connectivity index (χ1v) is 9.72. The summed E-state index contributed by atoms with van der Waals surface area (Å²) in [5.41, 5.74) is 0.265. The van der Waals surface area contributed by atoms with Gasteiger partial charge in [-0.15, -0.1) is 0 Å². The summed E-state index contributed by atoms with van der Waals surface area (Å²) in [6.07, 6.45) is 0. The molecule has 0 radical (unpaired) electrons. The molecule has 0 bridgehead atoms. The van der Waals surface area contributed by atoms with Crippen molar-refractivity contribution in [3.63, 3.8) is 0 Å². The summed E-state index contributed by atoms with van der Waals surface area (Å²) in [6, 6.07) is 12.1. The van der Waals surface area contributed by atoms with Gasteiger partial charge in [0.05, 0.1) is 7.11 Å². The highest BCUT2D eigenvalue weighted by Gasteiger charge is 2.28. The van der Waals surface area contributed by atoms with Gasteiger partial charge in [-0.3, -0.25) is 9.59 Å². The van der Waals surface area contributed by atoms with E-state index in [0.717, 1.165) is 0 Å². The molecule has 6 nitrogen and oxygen atoms in total. The molecular formula is C23H29FN2O4. The first kappa shape index (κ1) is 23.2. The summed E-state index contributed by atoms with van der Waals surface area (Å²) in [5.74, 6) is -0.0810. The van der Waals surface area contributed by atoms with Gasteiger partial charge in [-0.25, -0.2) is 4.39 Å².